The molecule has 1 atom stereocenters. The molecule has 0 amide bonds. The summed E-state index contributed by atoms with van der Waals surface area (Å²) in [5.74, 6) is -1.13. The Labute approximate surface area is 200 Å². The van der Waals surface area contributed by atoms with Gasteiger partial charge >= 0.3 is 11.7 Å². The van der Waals surface area contributed by atoms with Crippen LogP contribution in [-0.4, -0.2) is 44.0 Å². The van der Waals surface area contributed by atoms with Crippen molar-refractivity contribution in [2.24, 2.45) is 4.99 Å². The summed E-state index contributed by atoms with van der Waals surface area (Å²) in [5.41, 5.74) is 1.06. The molecule has 2 aromatic carbocycles. The highest BCUT2D eigenvalue weighted by Crippen LogP contribution is 2.22. The molecule has 1 unspecified atom stereocenters. The number of aliphatic imine (C=N–C) groups is 1. The van der Waals surface area contributed by atoms with E-state index >= 15 is 0 Å². The maximum atomic E-state index is 12.8. The number of benzene rings is 2. The topological polar surface area (TPSA) is 130 Å². The van der Waals surface area contributed by atoms with E-state index in [2.05, 4.69) is 15.0 Å². The normalized spacial score (nSPS) is 12.5. The van der Waals surface area contributed by atoms with E-state index < -0.39 is 29.1 Å². The van der Waals surface area contributed by atoms with Crippen molar-refractivity contribution in [3.05, 3.63) is 92.3 Å². The predicted octanol–water partition coefficient (Wildman–Crippen LogP) is 3.00. The number of nitrogens with one attached hydrogen (secondary N) is 2. The Morgan fingerprint density at radius 3 is 2.60 bits per heavy atom. The summed E-state index contributed by atoms with van der Waals surface area (Å²) < 4.78 is 6.38. The minimum Gasteiger partial charge on any atom is -0.493 e. The van der Waals surface area contributed by atoms with E-state index in [0.717, 1.165) is 32.8 Å². The Bertz CT molecular complexity index is 1530. The van der Waals surface area contributed by atoms with Gasteiger partial charge < -0.3 is 14.8 Å². The van der Waals surface area contributed by atoms with Crippen LogP contribution in [0.4, 0.5) is 0 Å². The molecule has 180 valence electrons. The summed E-state index contributed by atoms with van der Waals surface area (Å²) in [6.45, 7) is 5.25. The second-order valence-corrected chi connectivity index (χ2v) is 8.46. The molecule has 0 aliphatic heterocycles. The van der Waals surface area contributed by atoms with Crippen LogP contribution in [0.1, 0.15) is 30.5 Å². The van der Waals surface area contributed by atoms with Gasteiger partial charge in [-0.2, -0.15) is 0 Å². The van der Waals surface area contributed by atoms with E-state index in [4.69, 9.17) is 4.74 Å². The van der Waals surface area contributed by atoms with Crippen molar-refractivity contribution in [3.8, 4) is 11.6 Å². The number of ether oxygens (including phenoxy) is 1. The average molecular weight is 475 g/mol. The van der Waals surface area contributed by atoms with Crippen LogP contribution in [0.5, 0.6) is 5.88 Å². The molecule has 0 saturated carbocycles. The van der Waals surface area contributed by atoms with Gasteiger partial charge in [-0.05, 0) is 44.0 Å². The van der Waals surface area contributed by atoms with Crippen molar-refractivity contribution >= 4 is 23.1 Å². The third-order valence-corrected chi connectivity index (χ3v) is 5.57. The maximum absolute atomic E-state index is 12.8. The third-order valence-electron chi connectivity index (χ3n) is 5.57. The molecule has 4 aromatic rings. The van der Waals surface area contributed by atoms with Crippen molar-refractivity contribution in [3.63, 3.8) is 0 Å². The van der Waals surface area contributed by atoms with Crippen molar-refractivity contribution in [2.45, 2.75) is 39.3 Å². The van der Waals surface area contributed by atoms with Gasteiger partial charge in [0.05, 0.1) is 11.8 Å². The first-order chi connectivity index (χ1) is 16.8. The molecule has 0 bridgehead atoms. The number of carbonyl (C=O) groups is 1. The molecule has 0 radical (unpaired) electrons. The van der Waals surface area contributed by atoms with Gasteiger partial charge in [-0.15, -0.1) is 0 Å². The minimum atomic E-state index is -0.978. The van der Waals surface area contributed by atoms with Gasteiger partial charge in [0.15, 0.2) is 6.04 Å². The van der Waals surface area contributed by atoms with E-state index in [1.807, 2.05) is 24.3 Å². The number of fused-ring (bicyclic) bond motifs is 1. The van der Waals surface area contributed by atoms with Gasteiger partial charge in [0.25, 0.3) is 5.56 Å². The summed E-state index contributed by atoms with van der Waals surface area (Å²) >= 11 is 0. The molecule has 4 rings (SSSR count). The van der Waals surface area contributed by atoms with E-state index in [0.29, 0.717) is 5.69 Å². The number of aromatic amines is 2. The summed E-state index contributed by atoms with van der Waals surface area (Å²) in [6.07, 6.45) is 2.77. The number of rotatable bonds is 7. The van der Waals surface area contributed by atoms with E-state index in [-0.39, 0.29) is 18.1 Å². The van der Waals surface area contributed by atoms with Crippen LogP contribution in [0.2, 0.25) is 0 Å². The highest BCUT2D eigenvalue weighted by Gasteiger charge is 2.23. The molecule has 9 heteroatoms. The fourth-order valence-corrected chi connectivity index (χ4v) is 3.87. The number of hydrogen-bond acceptors (Lipinski definition) is 6. The number of H-pyrrole nitrogens is 2. The molecule has 2 aromatic heterocycles. The summed E-state index contributed by atoms with van der Waals surface area (Å²) in [4.78, 5) is 47.6. The van der Waals surface area contributed by atoms with Crippen LogP contribution in [0.3, 0.4) is 0 Å². The number of carbonyl (C=O) groups excluding carboxylic acids is 1. The van der Waals surface area contributed by atoms with Crippen molar-refractivity contribution in [2.75, 3.05) is 0 Å². The summed E-state index contributed by atoms with van der Waals surface area (Å²) in [6, 6.07) is 13.6. The fraction of sp³-hybridized carbons (Fsp3) is 0.231. The number of aromatic hydroxyl groups is 1. The molecule has 35 heavy (non-hydrogen) atoms. The second-order valence-electron chi connectivity index (χ2n) is 8.46. The first kappa shape index (κ1) is 23.7. The molecule has 9 nitrogen and oxygen atoms in total. The number of hydrogen-bond donors (Lipinski definition) is 3. The van der Waals surface area contributed by atoms with Gasteiger partial charge in [-0.3, -0.25) is 14.8 Å². The summed E-state index contributed by atoms with van der Waals surface area (Å²) in [5, 5.41) is 11.8. The highest BCUT2D eigenvalue weighted by molar-refractivity contribution is 5.87. The third kappa shape index (κ3) is 4.93. The zero-order chi connectivity index (χ0) is 25.1. The molecule has 0 spiro atoms. The number of para-hydroxylation sites is 2. The Morgan fingerprint density at radius 2 is 1.86 bits per heavy atom. The van der Waals surface area contributed by atoms with Crippen LogP contribution >= 0.6 is 0 Å². The number of nitrogens with zero attached hydrogens (tertiary/aromatic N) is 2. The highest BCUT2D eigenvalue weighted by atomic mass is 16.5. The quantitative estimate of drug-likeness (QED) is 0.280. The molecule has 0 aliphatic rings. The average Bonchev–Trinajstić information content (AvgIpc) is 3.21. The molecule has 0 aliphatic carbocycles. The lowest BCUT2D eigenvalue weighted by atomic mass is 10.1. The Balaban J connectivity index is 1.75. The smallest absolute Gasteiger partial charge is 0.335 e. The summed E-state index contributed by atoms with van der Waals surface area (Å²) in [7, 11) is 0. The largest absolute Gasteiger partial charge is 0.493 e. The van der Waals surface area contributed by atoms with Gasteiger partial charge in [-0.25, -0.2) is 14.2 Å². The molecule has 2 heterocycles. The predicted molar refractivity (Wildman–Crippen MR) is 134 cm³/mol. The van der Waals surface area contributed by atoms with Crippen LogP contribution in [0, 0.1) is 6.92 Å². The zero-order valence-corrected chi connectivity index (χ0v) is 19.6. The molecular formula is C26H26N4O5. The molecule has 0 saturated heterocycles. The molecule has 3 N–H and O–H groups in total. The van der Waals surface area contributed by atoms with Crippen LogP contribution in [0.25, 0.3) is 16.6 Å². The van der Waals surface area contributed by atoms with Crippen LogP contribution < -0.4 is 11.2 Å². The van der Waals surface area contributed by atoms with Gasteiger partial charge in [0.2, 0.25) is 5.88 Å². The molecule has 0 fully saturated rings. The van der Waals surface area contributed by atoms with Gasteiger partial charge in [0, 0.05) is 29.7 Å². The Kier molecular flexibility index (Phi) is 6.68. The first-order valence-electron chi connectivity index (χ1n) is 11.2. The van der Waals surface area contributed by atoms with E-state index in [9.17, 15) is 19.5 Å². The Morgan fingerprint density at radius 1 is 1.14 bits per heavy atom. The number of esters is 1. The fourth-order valence-electron chi connectivity index (χ4n) is 3.87. The van der Waals surface area contributed by atoms with Crippen molar-refractivity contribution < 1.29 is 14.6 Å². The second kappa shape index (κ2) is 9.84. The maximum Gasteiger partial charge on any atom is 0.335 e. The Hall–Kier alpha value is -4.40. The van der Waals surface area contributed by atoms with Crippen LogP contribution in [-0.2, 0) is 16.0 Å². The minimum absolute atomic E-state index is 0.210. The lowest BCUT2D eigenvalue weighted by Crippen LogP contribution is -2.32. The monoisotopic (exact) mass is 474 g/mol. The number of aromatic nitrogens is 3. The first-order valence-corrected chi connectivity index (χ1v) is 11.2. The molecular weight excluding hydrogens is 448 g/mol. The van der Waals surface area contributed by atoms with Crippen molar-refractivity contribution in [1.82, 2.24) is 14.5 Å². The SMILES string of the molecule is Cc1ccccc1-n1c(O)c(C=NC(Cc2c[nH]c3ccccc23)C(=O)OC(C)C)c(=O)[nH]c1=O. The van der Waals surface area contributed by atoms with Gasteiger partial charge in [-0.1, -0.05) is 36.4 Å². The number of aryl methyl sites for hydroxylation is 1. The van der Waals surface area contributed by atoms with Crippen molar-refractivity contribution in [1.29, 1.82) is 0 Å². The van der Waals surface area contributed by atoms with Crippen LogP contribution in [0.15, 0.2) is 69.3 Å². The van der Waals surface area contributed by atoms with E-state index in [1.165, 1.54) is 0 Å². The van der Waals surface area contributed by atoms with E-state index in [1.54, 1.807) is 51.2 Å². The lowest BCUT2D eigenvalue weighted by molar-refractivity contribution is -0.148. The van der Waals surface area contributed by atoms with Gasteiger partial charge in [0.1, 0.15) is 5.56 Å². The standard InChI is InChI=1S/C26H26N4O5/c1-15(2)35-25(33)21(12-17-13-27-20-10-6-5-9-18(17)20)28-14-19-23(31)29-26(34)30(24(19)32)22-11-7-4-8-16(22)3/h4-11,13-15,21,27,32H,12H2,1-3H3,(H,29,31,34). The lowest BCUT2D eigenvalue weighted by Gasteiger charge is -2.15. The zero-order valence-electron chi connectivity index (χ0n) is 19.6.